The van der Waals surface area contributed by atoms with E-state index in [-0.39, 0.29) is 10.8 Å². The fraction of sp³-hybridized carbons (Fsp3) is 0.462. The summed E-state index contributed by atoms with van der Waals surface area (Å²) >= 11 is 0. The predicted molar refractivity (Wildman–Crippen MR) is 70.4 cm³/mol. The van der Waals surface area contributed by atoms with E-state index in [0.29, 0.717) is 6.42 Å². The molecule has 0 spiro atoms. The van der Waals surface area contributed by atoms with Crippen LogP contribution in [0.1, 0.15) is 25.8 Å². The molecule has 0 fully saturated rings. The van der Waals surface area contributed by atoms with Crippen LogP contribution in [0.2, 0.25) is 0 Å². The number of nitrogens with one attached hydrogen (secondary N) is 1. The average molecular weight is 266 g/mol. The number of sulfonamides is 1. The third-order valence-corrected chi connectivity index (χ3v) is 3.93. The van der Waals surface area contributed by atoms with Gasteiger partial charge in [-0.1, -0.05) is 26.0 Å². The zero-order valence-electron chi connectivity index (χ0n) is 10.8. The monoisotopic (exact) mass is 266 g/mol. The van der Waals surface area contributed by atoms with Gasteiger partial charge in [-0.25, -0.2) is 8.42 Å². The highest BCUT2D eigenvalue weighted by atomic mass is 32.2. The lowest BCUT2D eigenvalue weighted by molar-refractivity contribution is 0.512. The summed E-state index contributed by atoms with van der Waals surface area (Å²) in [5, 5.41) is 8.96. The summed E-state index contributed by atoms with van der Waals surface area (Å²) in [4.78, 5) is 0.200. The smallest absolute Gasteiger partial charge is 0.207 e. The third-order valence-electron chi connectivity index (χ3n) is 2.46. The van der Waals surface area contributed by atoms with Gasteiger partial charge in [0, 0.05) is 0 Å². The van der Waals surface area contributed by atoms with Crippen molar-refractivity contribution in [2.75, 3.05) is 0 Å². The number of hydrogen-bond donors (Lipinski definition) is 1. The van der Waals surface area contributed by atoms with Crippen molar-refractivity contribution in [3.63, 3.8) is 0 Å². The highest BCUT2D eigenvalue weighted by molar-refractivity contribution is 7.89. The molecule has 4 nitrogen and oxygen atoms in total. The molecule has 1 aromatic rings. The normalized spacial score (nSPS) is 13.3. The number of benzene rings is 1. The number of nitriles is 1. The van der Waals surface area contributed by atoms with E-state index < -0.39 is 16.1 Å². The first kappa shape index (κ1) is 14.7. The minimum absolute atomic E-state index is 0.200. The molecule has 1 unspecified atom stereocenters. The maximum absolute atomic E-state index is 12.1. The maximum Gasteiger partial charge on any atom is 0.241 e. The van der Waals surface area contributed by atoms with E-state index in [2.05, 4.69) is 4.72 Å². The van der Waals surface area contributed by atoms with Gasteiger partial charge < -0.3 is 0 Å². The fourth-order valence-corrected chi connectivity index (χ4v) is 2.89. The standard InChI is InChI=1S/C13H18N2O2S/c1-10(2)7-12(9-14)15-18(16,17)13-6-4-5-11(3)8-13/h4-6,8,10,12,15H,7H2,1-3H3. The van der Waals surface area contributed by atoms with Crippen LogP contribution in [-0.2, 0) is 10.0 Å². The second kappa shape index (κ2) is 5.98. The van der Waals surface area contributed by atoms with E-state index >= 15 is 0 Å². The molecule has 0 heterocycles. The minimum atomic E-state index is -3.61. The van der Waals surface area contributed by atoms with Crippen molar-refractivity contribution in [3.05, 3.63) is 29.8 Å². The Morgan fingerprint density at radius 2 is 2.06 bits per heavy atom. The van der Waals surface area contributed by atoms with Gasteiger partial charge in [0.05, 0.1) is 11.0 Å². The molecule has 0 aromatic heterocycles. The average Bonchev–Trinajstić information content (AvgIpc) is 2.27. The summed E-state index contributed by atoms with van der Waals surface area (Å²) in [6.45, 7) is 5.73. The van der Waals surface area contributed by atoms with E-state index in [9.17, 15) is 8.42 Å². The lowest BCUT2D eigenvalue weighted by Crippen LogP contribution is -2.34. The Hall–Kier alpha value is -1.38. The van der Waals surface area contributed by atoms with Crippen molar-refractivity contribution in [2.24, 2.45) is 5.92 Å². The summed E-state index contributed by atoms with van der Waals surface area (Å²) in [6.07, 6.45) is 0.502. The second-order valence-corrected chi connectivity index (χ2v) is 6.46. The fourth-order valence-electron chi connectivity index (χ4n) is 1.64. The molecule has 0 saturated heterocycles. The zero-order valence-corrected chi connectivity index (χ0v) is 11.7. The summed E-state index contributed by atoms with van der Waals surface area (Å²) < 4.78 is 26.6. The topological polar surface area (TPSA) is 70.0 Å². The Morgan fingerprint density at radius 1 is 1.39 bits per heavy atom. The summed E-state index contributed by atoms with van der Waals surface area (Å²) in [5.41, 5.74) is 0.871. The molecule has 0 bridgehead atoms. The molecule has 1 N–H and O–H groups in total. The number of aryl methyl sites for hydroxylation is 1. The van der Waals surface area contributed by atoms with Crippen molar-refractivity contribution in [2.45, 2.75) is 38.1 Å². The van der Waals surface area contributed by atoms with Crippen LogP contribution >= 0.6 is 0 Å². The zero-order chi connectivity index (χ0) is 13.8. The largest absolute Gasteiger partial charge is 0.241 e. The van der Waals surface area contributed by atoms with Gasteiger partial charge in [0.25, 0.3) is 0 Å². The van der Waals surface area contributed by atoms with Crippen LogP contribution in [-0.4, -0.2) is 14.5 Å². The molecule has 0 amide bonds. The van der Waals surface area contributed by atoms with Crippen LogP contribution in [0.5, 0.6) is 0 Å². The molecular weight excluding hydrogens is 248 g/mol. The second-order valence-electron chi connectivity index (χ2n) is 4.75. The molecule has 0 saturated carbocycles. The van der Waals surface area contributed by atoms with Crippen molar-refractivity contribution in [1.82, 2.24) is 4.72 Å². The summed E-state index contributed by atoms with van der Waals surface area (Å²) in [5.74, 6) is 0.259. The van der Waals surface area contributed by atoms with Crippen molar-refractivity contribution in [1.29, 1.82) is 5.26 Å². The first-order valence-electron chi connectivity index (χ1n) is 5.84. The van der Waals surface area contributed by atoms with E-state index in [1.807, 2.05) is 32.9 Å². The molecule has 1 rings (SSSR count). The van der Waals surface area contributed by atoms with Gasteiger partial charge in [-0.2, -0.15) is 9.98 Å². The highest BCUT2D eigenvalue weighted by Crippen LogP contribution is 2.13. The summed E-state index contributed by atoms with van der Waals surface area (Å²) in [7, 11) is -3.61. The van der Waals surface area contributed by atoms with Gasteiger partial charge in [0.2, 0.25) is 10.0 Å². The molecule has 18 heavy (non-hydrogen) atoms. The van der Waals surface area contributed by atoms with Gasteiger partial charge in [-0.15, -0.1) is 0 Å². The number of hydrogen-bond acceptors (Lipinski definition) is 3. The lowest BCUT2D eigenvalue weighted by Gasteiger charge is -2.14. The first-order chi connectivity index (χ1) is 8.35. The Kier molecular flexibility index (Phi) is 4.88. The lowest BCUT2D eigenvalue weighted by atomic mass is 10.1. The molecule has 1 atom stereocenters. The Labute approximate surface area is 109 Å². The molecule has 98 valence electrons. The number of rotatable bonds is 5. The maximum atomic E-state index is 12.1. The molecule has 0 radical (unpaired) electrons. The van der Waals surface area contributed by atoms with Crippen LogP contribution in [0.4, 0.5) is 0 Å². The van der Waals surface area contributed by atoms with Gasteiger partial charge in [0.15, 0.2) is 0 Å². The van der Waals surface area contributed by atoms with Crippen LogP contribution in [0, 0.1) is 24.2 Å². The molecule has 1 aromatic carbocycles. The Balaban J connectivity index is 2.91. The van der Waals surface area contributed by atoms with E-state index in [4.69, 9.17) is 5.26 Å². The Bertz CT molecular complexity index is 544. The third kappa shape index (κ3) is 4.13. The van der Waals surface area contributed by atoms with Crippen LogP contribution in [0.15, 0.2) is 29.2 Å². The van der Waals surface area contributed by atoms with E-state index in [1.165, 1.54) is 6.07 Å². The van der Waals surface area contributed by atoms with E-state index in [0.717, 1.165) is 5.56 Å². The SMILES string of the molecule is Cc1cccc(S(=O)(=O)NC(C#N)CC(C)C)c1. The van der Waals surface area contributed by atoms with Crippen LogP contribution in [0.25, 0.3) is 0 Å². The minimum Gasteiger partial charge on any atom is -0.207 e. The van der Waals surface area contributed by atoms with Gasteiger partial charge in [-0.3, -0.25) is 0 Å². The quantitative estimate of drug-likeness (QED) is 0.888. The molecular formula is C13H18N2O2S. The van der Waals surface area contributed by atoms with Crippen LogP contribution in [0.3, 0.4) is 0 Å². The van der Waals surface area contributed by atoms with Crippen LogP contribution < -0.4 is 4.72 Å². The van der Waals surface area contributed by atoms with Gasteiger partial charge >= 0.3 is 0 Å². The predicted octanol–water partition coefficient (Wildman–Crippen LogP) is 2.21. The molecule has 0 aliphatic carbocycles. The van der Waals surface area contributed by atoms with Gasteiger partial charge in [0.1, 0.15) is 6.04 Å². The highest BCUT2D eigenvalue weighted by Gasteiger charge is 2.20. The van der Waals surface area contributed by atoms with Gasteiger partial charge in [-0.05, 0) is 37.0 Å². The number of nitrogens with zero attached hydrogens (tertiary/aromatic N) is 1. The van der Waals surface area contributed by atoms with E-state index in [1.54, 1.807) is 12.1 Å². The first-order valence-corrected chi connectivity index (χ1v) is 7.32. The van der Waals surface area contributed by atoms with Crippen molar-refractivity contribution < 1.29 is 8.42 Å². The Morgan fingerprint density at radius 3 is 2.56 bits per heavy atom. The summed E-state index contributed by atoms with van der Waals surface area (Å²) in [6, 6.07) is 7.93. The molecule has 5 heteroatoms. The molecule has 0 aliphatic heterocycles. The van der Waals surface area contributed by atoms with Crippen molar-refractivity contribution in [3.8, 4) is 6.07 Å². The van der Waals surface area contributed by atoms with Crippen molar-refractivity contribution >= 4 is 10.0 Å². The molecule has 0 aliphatic rings.